The Labute approximate surface area is 106 Å². The van der Waals surface area contributed by atoms with Gasteiger partial charge in [0.05, 0.1) is 8.07 Å². The van der Waals surface area contributed by atoms with Gasteiger partial charge < -0.3 is 5.11 Å². The molecule has 0 aliphatic carbocycles. The van der Waals surface area contributed by atoms with E-state index >= 15 is 0 Å². The van der Waals surface area contributed by atoms with E-state index in [9.17, 15) is 5.11 Å². The largest absolute Gasteiger partial charge is 0.508 e. The lowest BCUT2D eigenvalue weighted by molar-refractivity contribution is 0.475. The van der Waals surface area contributed by atoms with Crippen LogP contribution in [-0.2, 0) is 6.42 Å². The summed E-state index contributed by atoms with van der Waals surface area (Å²) >= 11 is 0. The van der Waals surface area contributed by atoms with E-state index in [-0.39, 0.29) is 0 Å². The lowest BCUT2D eigenvalue weighted by Gasteiger charge is -2.38. The average molecular weight is 248 g/mol. The summed E-state index contributed by atoms with van der Waals surface area (Å²) in [5.74, 6) is 0.326. The topological polar surface area (TPSA) is 20.2 Å². The van der Waals surface area contributed by atoms with Crippen molar-refractivity contribution < 1.29 is 5.11 Å². The minimum Gasteiger partial charge on any atom is -0.508 e. The van der Waals surface area contributed by atoms with Crippen LogP contribution in [0.3, 0.4) is 0 Å². The van der Waals surface area contributed by atoms with Crippen molar-refractivity contribution in [3.8, 4) is 5.75 Å². The summed E-state index contributed by atoms with van der Waals surface area (Å²) in [5, 5.41) is 11.0. The van der Waals surface area contributed by atoms with Crippen LogP contribution in [0.4, 0.5) is 0 Å². The first kappa shape index (κ1) is 14.0. The van der Waals surface area contributed by atoms with Crippen molar-refractivity contribution in [2.75, 3.05) is 0 Å². The van der Waals surface area contributed by atoms with Crippen LogP contribution in [0.5, 0.6) is 5.75 Å². The average Bonchev–Trinajstić information content (AvgIpc) is 2.19. The van der Waals surface area contributed by atoms with E-state index in [0.717, 1.165) is 6.42 Å². The predicted octanol–water partition coefficient (Wildman–Crippen LogP) is 4.54. The monoisotopic (exact) mass is 248 g/mol. The number of aromatic hydroxyl groups is 1. The summed E-state index contributed by atoms with van der Waals surface area (Å²) in [7, 11) is -1.46. The minimum absolute atomic E-state index is 0.326. The molecular weight excluding hydrogens is 224 g/mol. The Hall–Kier alpha value is -1.02. The number of rotatable bonds is 3. The molecular formula is C15H24OSi. The summed E-state index contributed by atoms with van der Waals surface area (Å²) in [6, 6.07) is 7.45. The zero-order chi connectivity index (χ0) is 13.3. The normalized spacial score (nSPS) is 12.5. The molecule has 0 radical (unpaired) electrons. The van der Waals surface area contributed by atoms with Crippen molar-refractivity contribution >= 4 is 8.07 Å². The highest BCUT2D eigenvalue weighted by molar-refractivity contribution is 6.86. The van der Waals surface area contributed by atoms with Gasteiger partial charge in [-0.15, -0.1) is 6.58 Å². The van der Waals surface area contributed by atoms with E-state index in [4.69, 9.17) is 0 Å². The molecule has 0 spiro atoms. The van der Waals surface area contributed by atoms with Crippen LogP contribution in [-0.4, -0.2) is 13.2 Å². The van der Waals surface area contributed by atoms with Crippen LogP contribution in [0.2, 0.25) is 18.1 Å². The smallest absolute Gasteiger partial charge is 0.115 e. The zero-order valence-electron chi connectivity index (χ0n) is 11.7. The number of phenolic OH excluding ortho intramolecular Hbond substituents is 1. The number of allylic oxidation sites excluding steroid dienone is 1. The second-order valence-corrected chi connectivity index (χ2v) is 11.8. The maximum absolute atomic E-state index is 9.27. The molecule has 1 N–H and O–H groups in total. The van der Waals surface area contributed by atoms with Crippen LogP contribution < -0.4 is 0 Å². The van der Waals surface area contributed by atoms with Gasteiger partial charge in [-0.1, -0.05) is 51.2 Å². The second-order valence-electron chi connectivity index (χ2n) is 6.32. The summed E-state index contributed by atoms with van der Waals surface area (Å²) in [6.07, 6.45) is 0.927. The molecule has 2 heteroatoms. The van der Waals surface area contributed by atoms with Crippen molar-refractivity contribution in [1.82, 2.24) is 0 Å². The molecule has 0 bridgehead atoms. The quantitative estimate of drug-likeness (QED) is 0.779. The van der Waals surface area contributed by atoms with Crippen LogP contribution >= 0.6 is 0 Å². The van der Waals surface area contributed by atoms with Crippen molar-refractivity contribution in [1.29, 1.82) is 0 Å². The van der Waals surface area contributed by atoms with Gasteiger partial charge in [-0.25, -0.2) is 0 Å². The molecule has 1 aromatic carbocycles. The van der Waals surface area contributed by atoms with Crippen molar-refractivity contribution in [3.05, 3.63) is 41.6 Å². The number of hydrogen-bond donors (Lipinski definition) is 1. The highest BCUT2D eigenvalue weighted by atomic mass is 28.3. The Balaban J connectivity index is 2.83. The van der Waals surface area contributed by atoms with E-state index in [0.29, 0.717) is 10.8 Å². The molecule has 0 saturated heterocycles. The third-order valence-electron chi connectivity index (χ3n) is 4.11. The van der Waals surface area contributed by atoms with Crippen molar-refractivity contribution in [3.63, 3.8) is 0 Å². The fraction of sp³-hybridized carbons (Fsp3) is 0.467. The third kappa shape index (κ3) is 3.22. The van der Waals surface area contributed by atoms with E-state index in [1.54, 1.807) is 12.1 Å². The predicted molar refractivity (Wildman–Crippen MR) is 78.1 cm³/mol. The molecule has 0 aromatic heterocycles. The molecule has 0 heterocycles. The second kappa shape index (κ2) is 4.69. The molecule has 1 aromatic rings. The Morgan fingerprint density at radius 3 is 2.06 bits per heavy atom. The van der Waals surface area contributed by atoms with Gasteiger partial charge in [-0.2, -0.15) is 0 Å². The van der Waals surface area contributed by atoms with E-state index in [1.165, 1.54) is 10.8 Å². The Morgan fingerprint density at radius 1 is 1.18 bits per heavy atom. The lowest BCUT2D eigenvalue weighted by Crippen LogP contribution is -2.40. The molecule has 94 valence electrons. The number of hydrogen-bond acceptors (Lipinski definition) is 1. The molecule has 0 atom stereocenters. The Kier molecular flexibility index (Phi) is 3.87. The SMILES string of the molecule is C=C(Cc1ccc(O)cc1)[Si](C)(C)C(C)(C)C. The van der Waals surface area contributed by atoms with Gasteiger partial charge in [0.2, 0.25) is 0 Å². The van der Waals surface area contributed by atoms with Crippen LogP contribution in [0, 0.1) is 0 Å². The molecule has 0 amide bonds. The molecule has 1 nitrogen and oxygen atoms in total. The zero-order valence-corrected chi connectivity index (χ0v) is 12.7. The summed E-state index contributed by atoms with van der Waals surface area (Å²) < 4.78 is 0. The highest BCUT2D eigenvalue weighted by Crippen LogP contribution is 2.40. The Bertz CT molecular complexity index is 396. The maximum Gasteiger partial charge on any atom is 0.115 e. The molecule has 0 saturated carbocycles. The molecule has 0 fully saturated rings. The van der Waals surface area contributed by atoms with E-state index < -0.39 is 8.07 Å². The lowest BCUT2D eigenvalue weighted by atomic mass is 10.1. The van der Waals surface area contributed by atoms with Gasteiger partial charge in [0.15, 0.2) is 0 Å². The summed E-state index contributed by atoms with van der Waals surface area (Å²) in [6.45, 7) is 16.0. The van der Waals surface area contributed by atoms with Crippen molar-refractivity contribution in [2.24, 2.45) is 0 Å². The van der Waals surface area contributed by atoms with Crippen LogP contribution in [0.15, 0.2) is 36.0 Å². The highest BCUT2D eigenvalue weighted by Gasteiger charge is 2.37. The van der Waals surface area contributed by atoms with Gasteiger partial charge in [-0.05, 0) is 29.2 Å². The van der Waals surface area contributed by atoms with Crippen LogP contribution in [0.1, 0.15) is 26.3 Å². The molecule has 1 rings (SSSR count). The van der Waals surface area contributed by atoms with Gasteiger partial charge in [0.25, 0.3) is 0 Å². The fourth-order valence-electron chi connectivity index (χ4n) is 1.61. The van der Waals surface area contributed by atoms with Gasteiger partial charge in [0.1, 0.15) is 5.75 Å². The van der Waals surface area contributed by atoms with Crippen molar-refractivity contribution in [2.45, 2.75) is 45.3 Å². The van der Waals surface area contributed by atoms with Crippen LogP contribution in [0.25, 0.3) is 0 Å². The van der Waals surface area contributed by atoms with E-state index in [1.807, 2.05) is 12.1 Å². The van der Waals surface area contributed by atoms with Gasteiger partial charge >= 0.3 is 0 Å². The molecule has 0 aliphatic rings. The third-order valence-corrected chi connectivity index (χ3v) is 9.81. The summed E-state index contributed by atoms with van der Waals surface area (Å²) in [4.78, 5) is 0. The first-order valence-corrected chi connectivity index (χ1v) is 9.11. The maximum atomic E-state index is 9.27. The number of benzene rings is 1. The minimum atomic E-state index is -1.46. The summed E-state index contributed by atoms with van der Waals surface area (Å²) in [5.41, 5.74) is 1.23. The number of phenols is 1. The first-order valence-electron chi connectivity index (χ1n) is 6.11. The molecule has 17 heavy (non-hydrogen) atoms. The standard InChI is InChI=1S/C15H24OSi/c1-12(17(5,6)15(2,3)4)11-13-7-9-14(16)10-8-13/h7-10,16H,1,11H2,2-6H3. The van der Waals surface area contributed by atoms with Gasteiger partial charge in [-0.3, -0.25) is 0 Å². The molecule has 0 unspecified atom stereocenters. The molecule has 0 aliphatic heterocycles. The first-order chi connectivity index (χ1) is 7.64. The van der Waals surface area contributed by atoms with E-state index in [2.05, 4.69) is 40.4 Å². The fourth-order valence-corrected chi connectivity index (χ4v) is 3.32. The van der Waals surface area contributed by atoms with Gasteiger partial charge in [0, 0.05) is 0 Å². The Morgan fingerprint density at radius 2 is 1.65 bits per heavy atom.